The van der Waals surface area contributed by atoms with E-state index in [0.717, 1.165) is 36.1 Å². The molecule has 1 aromatic carbocycles. The maximum Gasteiger partial charge on any atom is 0.337 e. The van der Waals surface area contributed by atoms with Crippen LogP contribution < -0.4 is 0 Å². The summed E-state index contributed by atoms with van der Waals surface area (Å²) in [5.41, 5.74) is 8.00. The van der Waals surface area contributed by atoms with E-state index in [-0.39, 0.29) is 5.97 Å². The molecular formula is C26H33BrN2O2. The van der Waals surface area contributed by atoms with Gasteiger partial charge >= 0.3 is 5.97 Å². The van der Waals surface area contributed by atoms with Crippen LogP contribution in [0.4, 0.5) is 0 Å². The van der Waals surface area contributed by atoms with Gasteiger partial charge in [0.05, 0.1) is 12.7 Å². The fourth-order valence-corrected chi connectivity index (χ4v) is 5.31. The van der Waals surface area contributed by atoms with Crippen LogP contribution in [0.25, 0.3) is 6.08 Å². The Bertz CT molecular complexity index is 948. The third-order valence-electron chi connectivity index (χ3n) is 6.67. The molecular weight excluding hydrogens is 452 g/mol. The van der Waals surface area contributed by atoms with Crippen molar-refractivity contribution in [2.45, 2.75) is 59.4 Å². The average molecular weight is 485 g/mol. The molecule has 3 rings (SSSR count). The first kappa shape index (κ1) is 23.7. The SMILES string of the molecule is COC(=O)c1cc(C)c(C2CCN(C(C)/C(C)=C/c3c(Br)ccnc3C)CC2)c(C)c1. The van der Waals surface area contributed by atoms with Gasteiger partial charge in [-0.15, -0.1) is 0 Å². The Kier molecular flexibility index (Phi) is 7.71. The van der Waals surface area contributed by atoms with E-state index in [1.165, 1.54) is 34.9 Å². The molecule has 31 heavy (non-hydrogen) atoms. The number of halogens is 1. The first-order chi connectivity index (χ1) is 14.7. The average Bonchev–Trinajstić information content (AvgIpc) is 2.75. The van der Waals surface area contributed by atoms with E-state index in [1.54, 1.807) is 0 Å². The number of carbonyl (C=O) groups is 1. The van der Waals surface area contributed by atoms with Gasteiger partial charge in [0.15, 0.2) is 0 Å². The van der Waals surface area contributed by atoms with E-state index in [4.69, 9.17) is 4.74 Å². The first-order valence-corrected chi connectivity index (χ1v) is 11.7. The number of rotatable bonds is 5. The second kappa shape index (κ2) is 10.1. The number of methoxy groups -OCH3 is 1. The Balaban J connectivity index is 1.71. The van der Waals surface area contributed by atoms with E-state index >= 15 is 0 Å². The highest BCUT2D eigenvalue weighted by atomic mass is 79.9. The van der Waals surface area contributed by atoms with E-state index in [2.05, 4.69) is 66.5 Å². The van der Waals surface area contributed by atoms with Crippen LogP contribution in [-0.4, -0.2) is 42.1 Å². The maximum absolute atomic E-state index is 11.9. The lowest BCUT2D eigenvalue weighted by Crippen LogP contribution is -2.40. The number of hydrogen-bond acceptors (Lipinski definition) is 4. The molecule has 1 saturated heterocycles. The second-order valence-electron chi connectivity index (χ2n) is 8.68. The number of aromatic nitrogens is 1. The zero-order chi connectivity index (χ0) is 22.7. The Labute approximate surface area is 194 Å². The summed E-state index contributed by atoms with van der Waals surface area (Å²) in [6.07, 6.45) is 6.37. The normalized spacial score (nSPS) is 16.9. The Morgan fingerprint density at radius 2 is 1.84 bits per heavy atom. The van der Waals surface area contributed by atoms with Crippen molar-refractivity contribution in [2.75, 3.05) is 20.2 Å². The zero-order valence-corrected chi connectivity index (χ0v) is 21.0. The Morgan fingerprint density at radius 1 is 1.23 bits per heavy atom. The third kappa shape index (κ3) is 5.27. The molecule has 5 heteroatoms. The fourth-order valence-electron chi connectivity index (χ4n) is 4.79. The summed E-state index contributed by atoms with van der Waals surface area (Å²) in [6, 6.07) is 6.34. The van der Waals surface area contributed by atoms with Crippen LogP contribution in [0, 0.1) is 20.8 Å². The minimum atomic E-state index is -0.265. The van der Waals surface area contributed by atoms with Crippen LogP contribution in [0.5, 0.6) is 0 Å². The van der Waals surface area contributed by atoms with Gasteiger partial charge in [-0.25, -0.2) is 4.79 Å². The van der Waals surface area contributed by atoms with Crippen molar-refractivity contribution in [1.29, 1.82) is 0 Å². The van der Waals surface area contributed by atoms with Gasteiger partial charge in [0.25, 0.3) is 0 Å². The lowest BCUT2D eigenvalue weighted by Gasteiger charge is -2.37. The summed E-state index contributed by atoms with van der Waals surface area (Å²) in [6.45, 7) is 12.9. The second-order valence-corrected chi connectivity index (χ2v) is 9.54. The smallest absolute Gasteiger partial charge is 0.337 e. The molecule has 1 atom stereocenters. The van der Waals surface area contributed by atoms with Crippen molar-refractivity contribution in [1.82, 2.24) is 9.88 Å². The Morgan fingerprint density at radius 3 is 2.39 bits per heavy atom. The summed E-state index contributed by atoms with van der Waals surface area (Å²) in [4.78, 5) is 18.9. The van der Waals surface area contributed by atoms with Gasteiger partial charge in [0.2, 0.25) is 0 Å². The van der Waals surface area contributed by atoms with Gasteiger partial charge < -0.3 is 4.74 Å². The predicted molar refractivity (Wildman–Crippen MR) is 131 cm³/mol. The van der Waals surface area contributed by atoms with Crippen LogP contribution in [0.3, 0.4) is 0 Å². The molecule has 0 amide bonds. The van der Waals surface area contributed by atoms with Crippen molar-refractivity contribution in [3.05, 3.63) is 68.0 Å². The van der Waals surface area contributed by atoms with Crippen molar-refractivity contribution >= 4 is 28.0 Å². The van der Waals surface area contributed by atoms with Crippen LogP contribution in [0.1, 0.15) is 70.9 Å². The van der Waals surface area contributed by atoms with Gasteiger partial charge in [-0.05, 0) is 101 Å². The topological polar surface area (TPSA) is 42.4 Å². The summed E-state index contributed by atoms with van der Waals surface area (Å²) in [5, 5.41) is 0. The number of benzene rings is 1. The largest absolute Gasteiger partial charge is 0.465 e. The number of nitrogens with zero attached hydrogens (tertiary/aromatic N) is 2. The molecule has 4 nitrogen and oxygen atoms in total. The lowest BCUT2D eigenvalue weighted by molar-refractivity contribution is 0.0600. The minimum Gasteiger partial charge on any atom is -0.465 e. The number of piperidine rings is 1. The molecule has 2 heterocycles. The lowest BCUT2D eigenvalue weighted by atomic mass is 9.83. The Hall–Kier alpha value is -1.98. The molecule has 1 fully saturated rings. The molecule has 0 N–H and O–H groups in total. The first-order valence-electron chi connectivity index (χ1n) is 11.0. The molecule has 0 aliphatic carbocycles. The quantitative estimate of drug-likeness (QED) is 0.471. The van der Waals surface area contributed by atoms with Gasteiger partial charge in [-0.3, -0.25) is 9.88 Å². The molecule has 0 spiro atoms. The standard InChI is InChI=1S/C26H33BrN2O2/c1-16(15-23-19(4)28-10-7-24(23)27)20(5)29-11-8-21(9-12-29)25-17(2)13-22(14-18(25)3)26(30)31-6/h7,10,13-15,20-21H,8-9,11-12H2,1-6H3/b16-15+. The van der Waals surface area contributed by atoms with Gasteiger partial charge in [-0.1, -0.05) is 27.6 Å². The number of aryl methyl sites for hydroxylation is 3. The number of pyridine rings is 1. The van der Waals surface area contributed by atoms with Gasteiger partial charge in [0.1, 0.15) is 0 Å². The molecule has 1 aliphatic rings. The van der Waals surface area contributed by atoms with Crippen LogP contribution in [-0.2, 0) is 4.74 Å². The number of likely N-dealkylation sites (tertiary alicyclic amines) is 1. The van der Waals surface area contributed by atoms with Gasteiger partial charge in [0, 0.05) is 28.0 Å². The monoisotopic (exact) mass is 484 g/mol. The summed E-state index contributed by atoms with van der Waals surface area (Å²) >= 11 is 3.66. The summed E-state index contributed by atoms with van der Waals surface area (Å²) < 4.78 is 5.98. The maximum atomic E-state index is 11.9. The number of esters is 1. The summed E-state index contributed by atoms with van der Waals surface area (Å²) in [5.74, 6) is 0.272. The summed E-state index contributed by atoms with van der Waals surface area (Å²) in [7, 11) is 1.43. The molecule has 0 bridgehead atoms. The van der Waals surface area contributed by atoms with E-state index in [1.807, 2.05) is 24.4 Å². The van der Waals surface area contributed by atoms with Crippen molar-refractivity contribution in [3.8, 4) is 0 Å². The molecule has 0 saturated carbocycles. The van der Waals surface area contributed by atoms with E-state index < -0.39 is 0 Å². The van der Waals surface area contributed by atoms with Crippen LogP contribution in [0.15, 0.2) is 34.4 Å². The zero-order valence-electron chi connectivity index (χ0n) is 19.5. The molecule has 1 aliphatic heterocycles. The van der Waals surface area contributed by atoms with Crippen molar-refractivity contribution in [2.24, 2.45) is 0 Å². The number of hydrogen-bond donors (Lipinski definition) is 0. The highest BCUT2D eigenvalue weighted by Gasteiger charge is 2.27. The van der Waals surface area contributed by atoms with Crippen molar-refractivity contribution < 1.29 is 9.53 Å². The van der Waals surface area contributed by atoms with E-state index in [0.29, 0.717) is 17.5 Å². The molecule has 2 aromatic rings. The highest BCUT2D eigenvalue weighted by Crippen LogP contribution is 2.35. The molecule has 1 aromatic heterocycles. The third-order valence-corrected chi connectivity index (χ3v) is 7.36. The number of ether oxygens (including phenoxy) is 1. The van der Waals surface area contributed by atoms with Crippen LogP contribution in [0.2, 0.25) is 0 Å². The number of carbonyl (C=O) groups excluding carboxylic acids is 1. The molecule has 166 valence electrons. The minimum absolute atomic E-state index is 0.265. The van der Waals surface area contributed by atoms with E-state index in [9.17, 15) is 4.79 Å². The van der Waals surface area contributed by atoms with Crippen LogP contribution >= 0.6 is 15.9 Å². The highest BCUT2D eigenvalue weighted by molar-refractivity contribution is 9.10. The fraction of sp³-hybridized carbons (Fsp3) is 0.462. The van der Waals surface area contributed by atoms with Gasteiger partial charge in [-0.2, -0.15) is 0 Å². The molecule has 1 unspecified atom stereocenters. The molecule has 0 radical (unpaired) electrons. The van der Waals surface area contributed by atoms with Crippen molar-refractivity contribution in [3.63, 3.8) is 0 Å². The predicted octanol–water partition coefficient (Wildman–Crippen LogP) is 6.23.